The molecule has 0 unspecified atom stereocenters. The summed E-state index contributed by atoms with van der Waals surface area (Å²) in [6, 6.07) is 9.61. The third-order valence-electron chi connectivity index (χ3n) is 2.36. The summed E-state index contributed by atoms with van der Waals surface area (Å²) in [7, 11) is 0. The van der Waals surface area contributed by atoms with E-state index in [1.54, 1.807) is 6.20 Å². The van der Waals surface area contributed by atoms with Crippen LogP contribution in [-0.4, -0.2) is 17.4 Å². The molecule has 1 amide bonds. The second kappa shape index (κ2) is 5.59. The van der Waals surface area contributed by atoms with E-state index in [2.05, 4.69) is 10.3 Å². The van der Waals surface area contributed by atoms with E-state index < -0.39 is 0 Å². The van der Waals surface area contributed by atoms with Gasteiger partial charge in [-0.15, -0.1) is 11.3 Å². The molecule has 0 aliphatic rings. The van der Waals surface area contributed by atoms with E-state index in [-0.39, 0.29) is 5.91 Å². The van der Waals surface area contributed by atoms with Gasteiger partial charge >= 0.3 is 0 Å². The number of nitrogens with one attached hydrogen (secondary N) is 1. The number of carbonyl (C=O) groups is 1. The number of carbonyl (C=O) groups excluding carboxylic acids is 1. The van der Waals surface area contributed by atoms with Gasteiger partial charge in [0.2, 0.25) is 0 Å². The van der Waals surface area contributed by atoms with E-state index in [9.17, 15) is 4.79 Å². The molecule has 2 rings (SSSR count). The molecule has 0 spiro atoms. The molecule has 0 fully saturated rings. The normalized spacial score (nSPS) is 10.2. The average molecular weight is 246 g/mol. The third kappa shape index (κ3) is 3.39. The predicted octanol–water partition coefficient (Wildman–Crippen LogP) is 2.42. The fraction of sp³-hybridized carbons (Fsp3) is 0.231. The molecule has 0 atom stereocenters. The summed E-state index contributed by atoms with van der Waals surface area (Å²) in [5.74, 6) is -0.000897. The van der Waals surface area contributed by atoms with Crippen LogP contribution in [0.15, 0.2) is 36.5 Å². The number of pyridine rings is 1. The Morgan fingerprint density at radius 3 is 2.88 bits per heavy atom. The van der Waals surface area contributed by atoms with E-state index >= 15 is 0 Å². The highest BCUT2D eigenvalue weighted by atomic mass is 32.1. The monoisotopic (exact) mass is 246 g/mol. The molecular formula is C13H14N2OS. The number of amides is 1. The molecule has 0 aliphatic carbocycles. The fourth-order valence-corrected chi connectivity index (χ4v) is 2.28. The first-order valence-electron chi connectivity index (χ1n) is 5.50. The van der Waals surface area contributed by atoms with Crippen LogP contribution in [0.25, 0.3) is 0 Å². The molecule has 0 saturated heterocycles. The lowest BCUT2D eigenvalue weighted by Crippen LogP contribution is -2.25. The van der Waals surface area contributed by atoms with E-state index in [0.717, 1.165) is 21.9 Å². The molecule has 2 heterocycles. The van der Waals surface area contributed by atoms with E-state index in [0.29, 0.717) is 6.54 Å². The first kappa shape index (κ1) is 11.8. The lowest BCUT2D eigenvalue weighted by Gasteiger charge is -2.02. The number of aromatic nitrogens is 1. The summed E-state index contributed by atoms with van der Waals surface area (Å²) in [6.45, 7) is 2.61. The van der Waals surface area contributed by atoms with Crippen molar-refractivity contribution in [1.82, 2.24) is 10.3 Å². The molecule has 0 saturated carbocycles. The van der Waals surface area contributed by atoms with Crippen molar-refractivity contribution in [3.8, 4) is 0 Å². The molecule has 0 aliphatic heterocycles. The second-order valence-electron chi connectivity index (χ2n) is 3.74. The van der Waals surface area contributed by atoms with Crippen LogP contribution in [0, 0.1) is 6.92 Å². The predicted molar refractivity (Wildman–Crippen MR) is 69.3 cm³/mol. The number of hydrogen-bond acceptors (Lipinski definition) is 3. The van der Waals surface area contributed by atoms with Crippen LogP contribution in [0.4, 0.5) is 0 Å². The maximum Gasteiger partial charge on any atom is 0.261 e. The van der Waals surface area contributed by atoms with Crippen LogP contribution in [0.3, 0.4) is 0 Å². The number of thiophene rings is 1. The lowest BCUT2D eigenvalue weighted by atomic mass is 10.2. The molecule has 1 N–H and O–H groups in total. The number of rotatable bonds is 4. The van der Waals surface area contributed by atoms with Crippen LogP contribution in [0.5, 0.6) is 0 Å². The minimum Gasteiger partial charge on any atom is -0.351 e. The molecule has 4 heteroatoms. The van der Waals surface area contributed by atoms with Crippen LogP contribution in [0.1, 0.15) is 20.2 Å². The summed E-state index contributed by atoms with van der Waals surface area (Å²) in [5.41, 5.74) is 0.996. The Labute approximate surface area is 105 Å². The summed E-state index contributed by atoms with van der Waals surface area (Å²) in [5, 5.41) is 2.89. The van der Waals surface area contributed by atoms with Crippen LogP contribution in [-0.2, 0) is 6.42 Å². The van der Waals surface area contributed by atoms with E-state index in [1.807, 2.05) is 37.3 Å². The van der Waals surface area contributed by atoms with Gasteiger partial charge in [0.25, 0.3) is 5.91 Å². The Balaban J connectivity index is 1.81. The summed E-state index contributed by atoms with van der Waals surface area (Å²) in [6.07, 6.45) is 2.52. The van der Waals surface area contributed by atoms with Gasteiger partial charge in [-0.3, -0.25) is 9.78 Å². The maximum atomic E-state index is 11.7. The Hall–Kier alpha value is -1.68. The highest BCUT2D eigenvalue weighted by Crippen LogP contribution is 2.14. The number of aryl methyl sites for hydroxylation is 1. The molecule has 88 valence electrons. The number of hydrogen-bond donors (Lipinski definition) is 1. The molecule has 0 bridgehead atoms. The van der Waals surface area contributed by atoms with Gasteiger partial charge in [0.15, 0.2) is 0 Å². The van der Waals surface area contributed by atoms with Crippen molar-refractivity contribution in [1.29, 1.82) is 0 Å². The third-order valence-corrected chi connectivity index (χ3v) is 3.36. The first-order chi connectivity index (χ1) is 8.25. The first-order valence-corrected chi connectivity index (χ1v) is 6.32. The lowest BCUT2D eigenvalue weighted by molar-refractivity contribution is 0.0958. The van der Waals surface area contributed by atoms with Gasteiger partial charge in [-0.25, -0.2) is 0 Å². The van der Waals surface area contributed by atoms with Gasteiger partial charge in [0, 0.05) is 29.7 Å². The van der Waals surface area contributed by atoms with Crippen molar-refractivity contribution < 1.29 is 4.79 Å². The summed E-state index contributed by atoms with van der Waals surface area (Å²) in [4.78, 5) is 17.9. The van der Waals surface area contributed by atoms with Crippen molar-refractivity contribution >= 4 is 17.2 Å². The van der Waals surface area contributed by atoms with Gasteiger partial charge in [-0.2, -0.15) is 0 Å². The van der Waals surface area contributed by atoms with Crippen molar-refractivity contribution in [3.05, 3.63) is 52.0 Å². The van der Waals surface area contributed by atoms with Crippen LogP contribution < -0.4 is 5.32 Å². The molecule has 2 aromatic heterocycles. The van der Waals surface area contributed by atoms with Crippen LogP contribution in [0.2, 0.25) is 0 Å². The molecule has 17 heavy (non-hydrogen) atoms. The Kier molecular flexibility index (Phi) is 3.88. The molecule has 2 aromatic rings. The van der Waals surface area contributed by atoms with E-state index in [4.69, 9.17) is 0 Å². The largest absolute Gasteiger partial charge is 0.351 e. The maximum absolute atomic E-state index is 11.7. The van der Waals surface area contributed by atoms with Crippen molar-refractivity contribution in [2.75, 3.05) is 6.54 Å². The summed E-state index contributed by atoms with van der Waals surface area (Å²) < 4.78 is 0. The number of nitrogens with zero attached hydrogens (tertiary/aromatic N) is 1. The molecular weight excluding hydrogens is 232 g/mol. The average Bonchev–Trinajstić information content (AvgIpc) is 2.77. The SMILES string of the molecule is Cc1ccc(C(=O)NCCc2ccccn2)s1. The summed E-state index contributed by atoms with van der Waals surface area (Å²) >= 11 is 1.51. The van der Waals surface area contributed by atoms with Crippen molar-refractivity contribution in [2.24, 2.45) is 0 Å². The van der Waals surface area contributed by atoms with Gasteiger partial charge in [-0.1, -0.05) is 6.07 Å². The zero-order valence-corrected chi connectivity index (χ0v) is 10.5. The quantitative estimate of drug-likeness (QED) is 0.900. The zero-order chi connectivity index (χ0) is 12.1. The Morgan fingerprint density at radius 1 is 1.35 bits per heavy atom. The van der Waals surface area contributed by atoms with Gasteiger partial charge in [-0.05, 0) is 31.2 Å². The minimum absolute atomic E-state index is 0.000897. The van der Waals surface area contributed by atoms with Crippen molar-refractivity contribution in [3.63, 3.8) is 0 Å². The van der Waals surface area contributed by atoms with Crippen molar-refractivity contribution in [2.45, 2.75) is 13.3 Å². The molecule has 3 nitrogen and oxygen atoms in total. The topological polar surface area (TPSA) is 42.0 Å². The Bertz CT molecular complexity index is 493. The van der Waals surface area contributed by atoms with E-state index in [1.165, 1.54) is 11.3 Å². The standard InChI is InChI=1S/C13H14N2OS/c1-10-5-6-12(17-10)13(16)15-9-7-11-4-2-3-8-14-11/h2-6,8H,7,9H2,1H3,(H,15,16). The Morgan fingerprint density at radius 2 is 2.24 bits per heavy atom. The molecule has 0 radical (unpaired) electrons. The van der Waals surface area contributed by atoms with Gasteiger partial charge < -0.3 is 5.32 Å². The highest BCUT2D eigenvalue weighted by Gasteiger charge is 2.06. The van der Waals surface area contributed by atoms with Gasteiger partial charge in [0.1, 0.15) is 0 Å². The second-order valence-corrected chi connectivity index (χ2v) is 5.03. The van der Waals surface area contributed by atoms with Crippen LogP contribution >= 0.6 is 11.3 Å². The van der Waals surface area contributed by atoms with Gasteiger partial charge in [0.05, 0.1) is 4.88 Å². The zero-order valence-electron chi connectivity index (χ0n) is 9.64. The minimum atomic E-state index is -0.000897. The highest BCUT2D eigenvalue weighted by molar-refractivity contribution is 7.13. The smallest absolute Gasteiger partial charge is 0.261 e. The molecule has 0 aromatic carbocycles. The fourth-order valence-electron chi connectivity index (χ4n) is 1.49.